The van der Waals surface area contributed by atoms with Crippen LogP contribution in [0.2, 0.25) is 5.02 Å². The smallest absolute Gasteiger partial charge is 0.140 e. The lowest BCUT2D eigenvalue weighted by Gasteiger charge is -2.38. The van der Waals surface area contributed by atoms with Crippen LogP contribution >= 0.6 is 11.6 Å². The highest BCUT2D eigenvalue weighted by molar-refractivity contribution is 6.32. The zero-order valence-corrected chi connectivity index (χ0v) is 18.6. The Balaban J connectivity index is 0.000000640. The van der Waals surface area contributed by atoms with E-state index in [-0.39, 0.29) is 12.2 Å². The van der Waals surface area contributed by atoms with Gasteiger partial charge >= 0.3 is 0 Å². The normalized spacial score (nSPS) is 22.0. The van der Waals surface area contributed by atoms with Crippen LogP contribution in [-0.4, -0.2) is 37.5 Å². The van der Waals surface area contributed by atoms with Gasteiger partial charge in [0.05, 0.1) is 5.02 Å². The summed E-state index contributed by atoms with van der Waals surface area (Å²) in [7, 11) is 4.04. The van der Waals surface area contributed by atoms with E-state index in [0.717, 1.165) is 24.3 Å². The number of anilines is 1. The molecule has 0 aliphatic heterocycles. The van der Waals surface area contributed by atoms with Crippen LogP contribution in [0.1, 0.15) is 58.8 Å². The molecule has 2 aliphatic rings. The summed E-state index contributed by atoms with van der Waals surface area (Å²) in [6, 6.07) is 6.57. The topological polar surface area (TPSA) is 44.7 Å². The number of aliphatic hydroxyl groups is 1. The second-order valence-electron chi connectivity index (χ2n) is 8.52. The maximum absolute atomic E-state index is 8.06. The Morgan fingerprint density at radius 1 is 1.21 bits per heavy atom. The minimum atomic E-state index is -0.167. The largest absolute Gasteiger partial charge is 0.489 e. The molecule has 158 valence electrons. The van der Waals surface area contributed by atoms with Crippen LogP contribution in [0.15, 0.2) is 30.5 Å². The highest BCUT2D eigenvalue weighted by Gasteiger charge is 2.34. The first-order valence-corrected chi connectivity index (χ1v) is 10.9. The number of rotatable bonds is 6. The zero-order chi connectivity index (χ0) is 20.7. The Labute approximate surface area is 175 Å². The number of ether oxygens (including phenoxy) is 1. The van der Waals surface area contributed by atoms with Gasteiger partial charge in [-0.1, -0.05) is 37.4 Å². The molecule has 2 N–H and O–H groups in total. The van der Waals surface area contributed by atoms with Crippen molar-refractivity contribution < 1.29 is 9.84 Å². The lowest BCUT2D eigenvalue weighted by atomic mass is 9.79. The number of benzene rings is 1. The Hall–Kier alpha value is -1.39. The predicted molar refractivity (Wildman–Crippen MR) is 119 cm³/mol. The van der Waals surface area contributed by atoms with Crippen LogP contribution in [0, 0.1) is 5.92 Å². The summed E-state index contributed by atoms with van der Waals surface area (Å²) < 4.78 is 6.11. The van der Waals surface area contributed by atoms with E-state index in [1.807, 2.05) is 32.3 Å². The number of halogens is 1. The average Bonchev–Trinajstić information content (AvgIpc) is 2.59. The van der Waals surface area contributed by atoms with E-state index in [4.69, 9.17) is 21.4 Å². The molecule has 5 heteroatoms. The van der Waals surface area contributed by atoms with Gasteiger partial charge in [0.1, 0.15) is 11.9 Å². The maximum atomic E-state index is 8.06. The second-order valence-corrected chi connectivity index (χ2v) is 8.92. The molecule has 0 aromatic heterocycles. The van der Waals surface area contributed by atoms with Crippen LogP contribution in [0.25, 0.3) is 0 Å². The molecule has 0 atom stereocenters. The van der Waals surface area contributed by atoms with Gasteiger partial charge in [0, 0.05) is 49.6 Å². The highest BCUT2D eigenvalue weighted by Crippen LogP contribution is 2.38. The van der Waals surface area contributed by atoms with Gasteiger partial charge in [0.25, 0.3) is 0 Å². The van der Waals surface area contributed by atoms with Crippen molar-refractivity contribution >= 4 is 17.3 Å². The quantitative estimate of drug-likeness (QED) is 0.662. The molecule has 0 heterocycles. The fourth-order valence-corrected chi connectivity index (χ4v) is 3.78. The summed E-state index contributed by atoms with van der Waals surface area (Å²) in [5, 5.41) is 12.4. The summed E-state index contributed by atoms with van der Waals surface area (Å²) >= 11 is 6.28. The van der Waals surface area contributed by atoms with Gasteiger partial charge < -0.3 is 20.1 Å². The molecule has 0 amide bonds. The van der Waals surface area contributed by atoms with Crippen molar-refractivity contribution in [2.45, 2.75) is 77.0 Å². The first-order valence-electron chi connectivity index (χ1n) is 10.5. The van der Waals surface area contributed by atoms with Crippen molar-refractivity contribution in [1.82, 2.24) is 5.32 Å². The molecule has 2 saturated carbocycles. The predicted octanol–water partition coefficient (Wildman–Crippen LogP) is 5.39. The lowest BCUT2D eigenvalue weighted by Crippen LogP contribution is -2.41. The number of allylic oxidation sites excluding steroid dienone is 1. The van der Waals surface area contributed by atoms with Crippen LogP contribution in [0.3, 0.4) is 0 Å². The van der Waals surface area contributed by atoms with E-state index in [1.54, 1.807) is 13.8 Å². The third kappa shape index (κ3) is 7.21. The molecular weight excluding hydrogens is 372 g/mol. The lowest BCUT2D eigenvalue weighted by molar-refractivity contribution is 0.0773. The monoisotopic (exact) mass is 408 g/mol. The van der Waals surface area contributed by atoms with Gasteiger partial charge in [0.2, 0.25) is 0 Å². The molecule has 4 nitrogen and oxygen atoms in total. The fraction of sp³-hybridized carbons (Fsp3) is 0.652. The van der Waals surface area contributed by atoms with Crippen LogP contribution in [-0.2, 0) is 0 Å². The number of nitrogens with one attached hydrogen (secondary N) is 1. The minimum absolute atomic E-state index is 0.167. The maximum Gasteiger partial charge on any atom is 0.140 e. The SMILES string of the molecule is C=C(NC1CCCCC1)C1CC(Oc2cc(N(C)C)ccc2Cl)C1.CC(C)O. The van der Waals surface area contributed by atoms with Gasteiger partial charge in [-0.15, -0.1) is 0 Å². The van der Waals surface area contributed by atoms with E-state index in [1.165, 1.54) is 37.8 Å². The van der Waals surface area contributed by atoms with Gasteiger partial charge in [-0.05, 0) is 51.7 Å². The van der Waals surface area contributed by atoms with Crippen molar-refractivity contribution in [3.63, 3.8) is 0 Å². The summed E-state index contributed by atoms with van der Waals surface area (Å²) in [6.45, 7) is 7.71. The molecule has 2 fully saturated rings. The Morgan fingerprint density at radius 3 is 2.39 bits per heavy atom. The first kappa shape index (κ1) is 22.9. The van der Waals surface area contributed by atoms with Crippen molar-refractivity contribution in [2.75, 3.05) is 19.0 Å². The van der Waals surface area contributed by atoms with Gasteiger partial charge in [-0.25, -0.2) is 0 Å². The van der Waals surface area contributed by atoms with E-state index in [9.17, 15) is 0 Å². The molecule has 0 saturated heterocycles. The fourth-order valence-electron chi connectivity index (χ4n) is 3.61. The van der Waals surface area contributed by atoms with Crippen molar-refractivity contribution in [1.29, 1.82) is 0 Å². The molecule has 1 aromatic carbocycles. The van der Waals surface area contributed by atoms with Gasteiger partial charge in [-0.2, -0.15) is 0 Å². The van der Waals surface area contributed by atoms with Crippen LogP contribution in [0.5, 0.6) is 5.75 Å². The van der Waals surface area contributed by atoms with E-state index in [0.29, 0.717) is 17.0 Å². The molecule has 1 aromatic rings. The number of aliphatic hydroxyl groups excluding tert-OH is 1. The minimum Gasteiger partial charge on any atom is -0.489 e. The van der Waals surface area contributed by atoms with Crippen LogP contribution < -0.4 is 15.0 Å². The molecule has 0 bridgehead atoms. The number of hydrogen-bond donors (Lipinski definition) is 2. The standard InChI is InChI=1S/C20H29ClN2O.C3H8O/c1-14(22-16-7-5-4-6-8-16)15-11-18(12-15)24-20-13-17(23(2)3)9-10-19(20)21;1-3(2)4/h9-10,13,15-16,18,22H,1,4-8,11-12H2,2-3H3;3-4H,1-2H3. The van der Waals surface area contributed by atoms with E-state index >= 15 is 0 Å². The number of nitrogens with zero attached hydrogens (tertiary/aromatic N) is 1. The van der Waals surface area contributed by atoms with Gasteiger partial charge in [-0.3, -0.25) is 0 Å². The third-order valence-corrected chi connectivity index (χ3v) is 5.62. The number of hydrogen-bond acceptors (Lipinski definition) is 4. The summed E-state index contributed by atoms with van der Waals surface area (Å²) in [4.78, 5) is 2.06. The molecule has 0 radical (unpaired) electrons. The van der Waals surface area contributed by atoms with Gasteiger partial charge in [0.15, 0.2) is 0 Å². The third-order valence-electron chi connectivity index (χ3n) is 5.31. The Bertz CT molecular complexity index is 618. The summed E-state index contributed by atoms with van der Waals surface area (Å²) in [5.74, 6) is 1.32. The molecule has 0 spiro atoms. The molecular formula is C23H37ClN2O2. The summed E-state index contributed by atoms with van der Waals surface area (Å²) in [5.41, 5.74) is 2.31. The van der Waals surface area contributed by atoms with Crippen molar-refractivity contribution in [2.24, 2.45) is 5.92 Å². The molecule has 3 rings (SSSR count). The van der Waals surface area contributed by atoms with E-state index < -0.39 is 0 Å². The zero-order valence-electron chi connectivity index (χ0n) is 17.9. The highest BCUT2D eigenvalue weighted by atomic mass is 35.5. The van der Waals surface area contributed by atoms with Crippen LogP contribution in [0.4, 0.5) is 5.69 Å². The Kier molecular flexibility index (Phi) is 8.97. The second kappa shape index (κ2) is 11.0. The average molecular weight is 409 g/mol. The van der Waals surface area contributed by atoms with Crippen molar-refractivity contribution in [3.05, 3.63) is 35.5 Å². The molecule has 2 aliphatic carbocycles. The van der Waals surface area contributed by atoms with E-state index in [2.05, 4.69) is 16.8 Å². The van der Waals surface area contributed by atoms with Crippen molar-refractivity contribution in [3.8, 4) is 5.75 Å². The summed E-state index contributed by atoms with van der Waals surface area (Å²) in [6.07, 6.45) is 8.80. The molecule has 0 unspecified atom stereocenters. The first-order chi connectivity index (χ1) is 13.3. The molecule has 28 heavy (non-hydrogen) atoms. The Morgan fingerprint density at radius 2 is 1.82 bits per heavy atom.